The van der Waals surface area contributed by atoms with Crippen molar-refractivity contribution in [3.8, 4) is 34.5 Å². The fourth-order valence-corrected chi connectivity index (χ4v) is 4.61. The zero-order valence-corrected chi connectivity index (χ0v) is 20.1. The Bertz CT molecular complexity index is 1270. The zero-order chi connectivity index (χ0) is 24.5. The van der Waals surface area contributed by atoms with Gasteiger partial charge in [0.25, 0.3) is 0 Å². The highest BCUT2D eigenvalue weighted by molar-refractivity contribution is 6.04. The Morgan fingerprint density at radius 1 is 0.971 bits per heavy atom. The smallest absolute Gasteiger partial charge is 0.214 e. The van der Waals surface area contributed by atoms with Crippen molar-refractivity contribution < 1.29 is 28.8 Å². The monoisotopic (exact) mass is 476 g/mol. The number of phenols is 1. The van der Waals surface area contributed by atoms with E-state index in [2.05, 4.69) is 0 Å². The van der Waals surface area contributed by atoms with Crippen molar-refractivity contribution >= 4 is 5.71 Å². The fraction of sp³-hybridized carbons (Fsp3) is 0.296. The second kappa shape index (κ2) is 9.29. The van der Waals surface area contributed by atoms with Crippen LogP contribution in [-0.4, -0.2) is 43.8 Å². The third kappa shape index (κ3) is 3.95. The first-order valence-corrected chi connectivity index (χ1v) is 11.4. The summed E-state index contributed by atoms with van der Waals surface area (Å²) in [5.41, 5.74) is 3.20. The minimum Gasteiger partial charge on any atom is -0.507 e. The van der Waals surface area contributed by atoms with Crippen LogP contribution in [0.2, 0.25) is 0 Å². The molecular weight excluding hydrogens is 448 g/mol. The van der Waals surface area contributed by atoms with Gasteiger partial charge in [0, 0.05) is 23.1 Å². The molecule has 0 aliphatic carbocycles. The molecule has 35 heavy (non-hydrogen) atoms. The first-order valence-electron chi connectivity index (χ1n) is 11.4. The largest absolute Gasteiger partial charge is 0.507 e. The Morgan fingerprint density at radius 3 is 2.54 bits per heavy atom. The van der Waals surface area contributed by atoms with Crippen molar-refractivity contribution in [1.29, 1.82) is 0 Å². The van der Waals surface area contributed by atoms with E-state index < -0.39 is 6.23 Å². The predicted molar refractivity (Wildman–Crippen MR) is 131 cm³/mol. The maximum Gasteiger partial charge on any atom is 0.214 e. The third-order valence-electron chi connectivity index (χ3n) is 6.29. The van der Waals surface area contributed by atoms with Crippen molar-refractivity contribution in [2.24, 2.45) is 5.10 Å². The van der Waals surface area contributed by atoms with Crippen molar-refractivity contribution in [1.82, 2.24) is 5.01 Å². The van der Waals surface area contributed by atoms with Gasteiger partial charge >= 0.3 is 0 Å². The summed E-state index contributed by atoms with van der Waals surface area (Å²) in [5.74, 6) is 3.41. The highest BCUT2D eigenvalue weighted by Gasteiger charge is 2.42. The molecule has 2 aliphatic rings. The molecule has 2 atom stereocenters. The van der Waals surface area contributed by atoms with Gasteiger partial charge in [-0.2, -0.15) is 5.10 Å². The van der Waals surface area contributed by atoms with E-state index in [1.54, 1.807) is 39.5 Å². The summed E-state index contributed by atoms with van der Waals surface area (Å²) in [4.78, 5) is 0. The average Bonchev–Trinajstić information content (AvgIpc) is 3.34. The van der Waals surface area contributed by atoms with E-state index in [9.17, 15) is 5.11 Å². The van der Waals surface area contributed by atoms with Crippen LogP contribution in [0.25, 0.3) is 0 Å². The summed E-state index contributed by atoms with van der Waals surface area (Å²) in [6, 6.07) is 16.6. The number of phenolic OH excluding ortho intramolecular Hbond substituents is 1. The standard InChI is InChI=1S/C27H28N2O6/c1-5-34-23-12-9-16(13-25(23)33-4)27-29-21(18-7-6-8-24(32-3)26(18)35-27)15-20(28-29)19-14-17(31-2)10-11-22(19)30/h6-14,21,27,30H,5,15H2,1-4H3/t21-,27+/m0/s1. The summed E-state index contributed by atoms with van der Waals surface area (Å²) in [5, 5.41) is 17.5. The molecule has 8 nitrogen and oxygen atoms in total. The minimum atomic E-state index is -0.543. The van der Waals surface area contributed by atoms with Crippen LogP contribution >= 0.6 is 0 Å². The van der Waals surface area contributed by atoms with Gasteiger partial charge in [0.05, 0.1) is 39.7 Å². The predicted octanol–water partition coefficient (Wildman–Crippen LogP) is 5.06. The molecule has 0 saturated heterocycles. The summed E-state index contributed by atoms with van der Waals surface area (Å²) in [6.07, 6.45) is 0.0354. The number of ether oxygens (including phenoxy) is 5. The molecule has 0 fully saturated rings. The summed E-state index contributed by atoms with van der Waals surface area (Å²) in [7, 11) is 4.84. The summed E-state index contributed by atoms with van der Waals surface area (Å²) < 4.78 is 28.8. The lowest BCUT2D eigenvalue weighted by Gasteiger charge is -2.38. The number of para-hydroxylation sites is 1. The van der Waals surface area contributed by atoms with Gasteiger partial charge < -0.3 is 28.8 Å². The molecule has 0 spiro atoms. The molecule has 182 valence electrons. The van der Waals surface area contributed by atoms with Gasteiger partial charge in [-0.3, -0.25) is 0 Å². The number of aromatic hydroxyl groups is 1. The lowest BCUT2D eigenvalue weighted by atomic mass is 9.95. The molecule has 3 aromatic rings. The lowest BCUT2D eigenvalue weighted by Crippen LogP contribution is -2.33. The molecule has 2 aliphatic heterocycles. The van der Waals surface area contributed by atoms with Crippen LogP contribution in [0.4, 0.5) is 0 Å². The van der Waals surface area contributed by atoms with Crippen LogP contribution in [0.1, 0.15) is 42.3 Å². The Morgan fingerprint density at radius 2 is 1.80 bits per heavy atom. The van der Waals surface area contributed by atoms with Gasteiger partial charge in [0.2, 0.25) is 6.23 Å². The first-order chi connectivity index (χ1) is 17.1. The van der Waals surface area contributed by atoms with Crippen LogP contribution in [0.3, 0.4) is 0 Å². The fourth-order valence-electron chi connectivity index (χ4n) is 4.61. The van der Waals surface area contributed by atoms with Crippen LogP contribution in [0.15, 0.2) is 59.7 Å². The van der Waals surface area contributed by atoms with Gasteiger partial charge in [0.1, 0.15) is 11.5 Å². The van der Waals surface area contributed by atoms with Crippen molar-refractivity contribution in [3.63, 3.8) is 0 Å². The topological polar surface area (TPSA) is 82.0 Å². The Balaban J connectivity index is 1.62. The second-order valence-electron chi connectivity index (χ2n) is 8.22. The molecule has 2 heterocycles. The SMILES string of the molecule is CCOc1ccc([C@H]2Oc3c(OC)cccc3[C@@H]3CC(c4cc(OC)ccc4O)=NN23)cc1OC. The van der Waals surface area contributed by atoms with E-state index in [1.165, 1.54) is 0 Å². The number of hydrogen-bond acceptors (Lipinski definition) is 8. The van der Waals surface area contributed by atoms with Gasteiger partial charge in [-0.1, -0.05) is 12.1 Å². The molecule has 8 heteroatoms. The van der Waals surface area contributed by atoms with E-state index in [-0.39, 0.29) is 11.8 Å². The number of hydrogen-bond donors (Lipinski definition) is 1. The first kappa shape index (κ1) is 22.7. The van der Waals surface area contributed by atoms with Crippen LogP contribution < -0.4 is 23.7 Å². The normalized spacial score (nSPS) is 18.2. The number of methoxy groups -OCH3 is 3. The third-order valence-corrected chi connectivity index (χ3v) is 6.29. The lowest BCUT2D eigenvalue weighted by molar-refractivity contribution is -0.0210. The van der Waals surface area contributed by atoms with Crippen LogP contribution in [0, 0.1) is 0 Å². The molecular formula is C27H28N2O6. The van der Waals surface area contributed by atoms with E-state index in [0.29, 0.717) is 47.3 Å². The number of fused-ring (bicyclic) bond motifs is 3. The minimum absolute atomic E-state index is 0.114. The summed E-state index contributed by atoms with van der Waals surface area (Å²) >= 11 is 0. The Hall–Kier alpha value is -4.07. The van der Waals surface area contributed by atoms with Crippen molar-refractivity contribution in [3.05, 3.63) is 71.3 Å². The van der Waals surface area contributed by atoms with E-state index in [0.717, 1.165) is 16.8 Å². The summed E-state index contributed by atoms with van der Waals surface area (Å²) in [6.45, 7) is 2.46. The second-order valence-corrected chi connectivity index (χ2v) is 8.22. The highest BCUT2D eigenvalue weighted by atomic mass is 16.5. The maximum atomic E-state index is 10.6. The average molecular weight is 477 g/mol. The van der Waals surface area contributed by atoms with Crippen molar-refractivity contribution in [2.45, 2.75) is 25.6 Å². The van der Waals surface area contributed by atoms with E-state index in [4.69, 9.17) is 28.8 Å². The van der Waals surface area contributed by atoms with Gasteiger partial charge in [0.15, 0.2) is 23.0 Å². The van der Waals surface area contributed by atoms with E-state index >= 15 is 0 Å². The number of rotatable bonds is 7. The molecule has 0 unspecified atom stereocenters. The van der Waals surface area contributed by atoms with Gasteiger partial charge in [-0.15, -0.1) is 0 Å². The van der Waals surface area contributed by atoms with Gasteiger partial charge in [-0.25, -0.2) is 5.01 Å². The molecule has 0 aromatic heterocycles. The molecule has 0 amide bonds. The molecule has 3 aromatic carbocycles. The molecule has 1 N–H and O–H groups in total. The quantitative estimate of drug-likeness (QED) is 0.510. The van der Waals surface area contributed by atoms with Crippen LogP contribution in [0.5, 0.6) is 34.5 Å². The van der Waals surface area contributed by atoms with Crippen LogP contribution in [-0.2, 0) is 0 Å². The van der Waals surface area contributed by atoms with E-state index in [1.807, 2.05) is 48.3 Å². The molecule has 0 bridgehead atoms. The van der Waals surface area contributed by atoms with Crippen molar-refractivity contribution in [2.75, 3.05) is 27.9 Å². The number of benzene rings is 3. The Kier molecular flexibility index (Phi) is 6.03. The molecule has 0 saturated carbocycles. The number of nitrogens with zero attached hydrogens (tertiary/aromatic N) is 2. The van der Waals surface area contributed by atoms with Gasteiger partial charge in [-0.05, 0) is 49.4 Å². The zero-order valence-electron chi connectivity index (χ0n) is 20.1. The molecule has 5 rings (SSSR count). The molecule has 0 radical (unpaired) electrons. The Labute approximate surface area is 204 Å². The maximum absolute atomic E-state index is 10.6. The number of hydrazone groups is 1. The highest BCUT2D eigenvalue weighted by Crippen LogP contribution is 2.51.